The van der Waals surface area contributed by atoms with Crippen LogP contribution in [-0.4, -0.2) is 20.9 Å². The van der Waals surface area contributed by atoms with Crippen LogP contribution < -0.4 is 5.32 Å². The first-order valence-electron chi connectivity index (χ1n) is 10.3. The predicted octanol–water partition coefficient (Wildman–Crippen LogP) is 5.92. The van der Waals surface area contributed by atoms with Gasteiger partial charge in [0.2, 0.25) is 0 Å². The van der Waals surface area contributed by atoms with Crippen LogP contribution in [0.4, 0.5) is 5.82 Å². The molecule has 0 bridgehead atoms. The lowest BCUT2D eigenvalue weighted by atomic mass is 10.0. The minimum Gasteiger partial charge on any atom is -0.307 e. The van der Waals surface area contributed by atoms with Crippen LogP contribution in [0.5, 0.6) is 0 Å². The third-order valence-electron chi connectivity index (χ3n) is 5.15. The van der Waals surface area contributed by atoms with E-state index in [0.717, 1.165) is 33.7 Å². The summed E-state index contributed by atoms with van der Waals surface area (Å²) in [6, 6.07) is 30.9. The summed E-state index contributed by atoms with van der Waals surface area (Å²) in [4.78, 5) is 27.0. The molecule has 5 aromatic rings. The number of benzene rings is 3. The molecule has 0 unspecified atom stereocenters. The van der Waals surface area contributed by atoms with Crippen LogP contribution >= 0.6 is 0 Å². The number of carbonyl (C=O) groups is 1. The van der Waals surface area contributed by atoms with Gasteiger partial charge >= 0.3 is 0 Å². The first kappa shape index (κ1) is 19.6. The van der Waals surface area contributed by atoms with E-state index in [1.807, 2.05) is 85.8 Å². The zero-order chi connectivity index (χ0) is 21.9. The number of hydrogen-bond acceptors (Lipinski definition) is 4. The maximum atomic E-state index is 12.8. The summed E-state index contributed by atoms with van der Waals surface area (Å²) in [7, 11) is 0. The number of rotatable bonds is 4. The van der Waals surface area contributed by atoms with Gasteiger partial charge in [-0.1, -0.05) is 66.7 Å². The van der Waals surface area contributed by atoms with E-state index < -0.39 is 0 Å². The molecule has 0 aliphatic carbocycles. The molecular formula is C27H20N4O. The largest absolute Gasteiger partial charge is 0.307 e. The summed E-state index contributed by atoms with van der Waals surface area (Å²) in [5.41, 5.74) is 6.29. The van der Waals surface area contributed by atoms with Crippen LogP contribution in [0.25, 0.3) is 33.5 Å². The Morgan fingerprint density at radius 1 is 0.656 bits per heavy atom. The quantitative estimate of drug-likeness (QED) is 0.395. The maximum absolute atomic E-state index is 12.8. The number of aromatic nitrogens is 3. The summed E-state index contributed by atoms with van der Waals surface area (Å²) < 4.78 is 0. The van der Waals surface area contributed by atoms with Crippen LogP contribution in [-0.2, 0) is 0 Å². The number of pyridine rings is 1. The Hall–Kier alpha value is -4.38. The molecule has 3 aromatic carbocycles. The van der Waals surface area contributed by atoms with Gasteiger partial charge in [0.25, 0.3) is 5.91 Å². The van der Waals surface area contributed by atoms with Crippen LogP contribution in [0, 0.1) is 6.92 Å². The van der Waals surface area contributed by atoms with Crippen molar-refractivity contribution in [1.82, 2.24) is 15.0 Å². The summed E-state index contributed by atoms with van der Waals surface area (Å²) in [5, 5.41) is 2.85. The standard InChI is InChI=1S/C27H20N4O/c1-18-9-8-14-24(28-18)31-27(32)21-15-16-22-23(17-21)30-26(20-12-6-3-7-13-20)25(29-22)19-10-4-2-5-11-19/h2-17H,1H3,(H,28,31,32). The zero-order valence-electron chi connectivity index (χ0n) is 17.5. The van der Waals surface area contributed by atoms with Gasteiger partial charge in [-0.15, -0.1) is 0 Å². The van der Waals surface area contributed by atoms with Crippen LogP contribution in [0.2, 0.25) is 0 Å². The molecule has 2 aromatic heterocycles. The van der Waals surface area contributed by atoms with E-state index in [0.29, 0.717) is 16.9 Å². The molecule has 0 radical (unpaired) electrons. The van der Waals surface area contributed by atoms with Gasteiger partial charge in [-0.3, -0.25) is 4.79 Å². The smallest absolute Gasteiger partial charge is 0.256 e. The van der Waals surface area contributed by atoms with Gasteiger partial charge < -0.3 is 5.32 Å². The molecule has 0 spiro atoms. The molecule has 2 heterocycles. The van der Waals surface area contributed by atoms with Crippen molar-refractivity contribution in [3.63, 3.8) is 0 Å². The van der Waals surface area contributed by atoms with Crippen molar-refractivity contribution in [2.45, 2.75) is 6.92 Å². The Bertz CT molecular complexity index is 1420. The third kappa shape index (κ3) is 3.96. The van der Waals surface area contributed by atoms with Crippen molar-refractivity contribution in [1.29, 1.82) is 0 Å². The summed E-state index contributed by atoms with van der Waals surface area (Å²) in [6.07, 6.45) is 0. The summed E-state index contributed by atoms with van der Waals surface area (Å²) in [5.74, 6) is 0.283. The third-order valence-corrected chi connectivity index (χ3v) is 5.15. The normalized spacial score (nSPS) is 10.8. The van der Waals surface area contributed by atoms with Gasteiger partial charge in [-0.05, 0) is 37.3 Å². The number of hydrogen-bond donors (Lipinski definition) is 1. The van der Waals surface area contributed by atoms with E-state index >= 15 is 0 Å². The lowest BCUT2D eigenvalue weighted by molar-refractivity contribution is 0.102. The van der Waals surface area contributed by atoms with Gasteiger partial charge in [0.05, 0.1) is 22.4 Å². The average Bonchev–Trinajstić information content (AvgIpc) is 2.84. The molecule has 0 saturated heterocycles. The molecule has 0 fully saturated rings. The van der Waals surface area contributed by atoms with Gasteiger partial charge in [0, 0.05) is 22.4 Å². The minimum absolute atomic E-state index is 0.236. The molecule has 0 atom stereocenters. The average molecular weight is 416 g/mol. The second-order valence-corrected chi connectivity index (χ2v) is 7.47. The maximum Gasteiger partial charge on any atom is 0.256 e. The van der Waals surface area contributed by atoms with Crippen LogP contribution in [0.3, 0.4) is 0 Å². The lowest BCUT2D eigenvalue weighted by Crippen LogP contribution is -2.13. The lowest BCUT2D eigenvalue weighted by Gasteiger charge is -2.11. The molecule has 1 N–H and O–H groups in total. The number of nitrogens with one attached hydrogen (secondary N) is 1. The molecule has 154 valence electrons. The number of carbonyl (C=O) groups excluding carboxylic acids is 1. The van der Waals surface area contributed by atoms with Gasteiger partial charge in [-0.25, -0.2) is 15.0 Å². The number of aryl methyl sites for hydroxylation is 1. The molecule has 1 amide bonds. The molecule has 5 rings (SSSR count). The Balaban J connectivity index is 1.59. The zero-order valence-corrected chi connectivity index (χ0v) is 17.5. The highest BCUT2D eigenvalue weighted by molar-refractivity contribution is 6.05. The van der Waals surface area contributed by atoms with Crippen molar-refractivity contribution in [3.8, 4) is 22.5 Å². The highest BCUT2D eigenvalue weighted by Crippen LogP contribution is 2.31. The Morgan fingerprint density at radius 3 is 1.91 bits per heavy atom. The second kappa shape index (κ2) is 8.40. The fraction of sp³-hybridized carbons (Fsp3) is 0.0370. The second-order valence-electron chi connectivity index (χ2n) is 7.47. The van der Waals surface area contributed by atoms with E-state index in [4.69, 9.17) is 9.97 Å². The van der Waals surface area contributed by atoms with E-state index in [-0.39, 0.29) is 5.91 Å². The molecule has 32 heavy (non-hydrogen) atoms. The van der Waals surface area contributed by atoms with Gasteiger partial charge in [-0.2, -0.15) is 0 Å². The van der Waals surface area contributed by atoms with Crippen molar-refractivity contribution in [3.05, 3.63) is 108 Å². The minimum atomic E-state index is -0.236. The highest BCUT2D eigenvalue weighted by Gasteiger charge is 2.15. The number of fused-ring (bicyclic) bond motifs is 1. The molecular weight excluding hydrogens is 396 g/mol. The van der Waals surface area contributed by atoms with Gasteiger partial charge in [0.15, 0.2) is 0 Å². The highest BCUT2D eigenvalue weighted by atomic mass is 16.1. The fourth-order valence-corrected chi connectivity index (χ4v) is 3.59. The molecule has 0 aliphatic heterocycles. The van der Waals surface area contributed by atoms with E-state index in [2.05, 4.69) is 10.3 Å². The van der Waals surface area contributed by atoms with Crippen molar-refractivity contribution in [2.75, 3.05) is 5.32 Å². The molecule has 0 saturated carbocycles. The SMILES string of the molecule is Cc1cccc(NC(=O)c2ccc3nc(-c4ccccc4)c(-c4ccccc4)nc3c2)n1. The Labute approximate surface area is 185 Å². The summed E-state index contributed by atoms with van der Waals surface area (Å²) in [6.45, 7) is 1.89. The van der Waals surface area contributed by atoms with E-state index in [1.54, 1.807) is 18.2 Å². The monoisotopic (exact) mass is 416 g/mol. The van der Waals surface area contributed by atoms with Crippen LogP contribution in [0.1, 0.15) is 16.1 Å². The summed E-state index contributed by atoms with van der Waals surface area (Å²) >= 11 is 0. The Kier molecular flexibility index (Phi) is 5.14. The van der Waals surface area contributed by atoms with Crippen molar-refractivity contribution < 1.29 is 4.79 Å². The number of amides is 1. The van der Waals surface area contributed by atoms with E-state index in [9.17, 15) is 4.79 Å². The predicted molar refractivity (Wildman–Crippen MR) is 127 cm³/mol. The van der Waals surface area contributed by atoms with Gasteiger partial charge in [0.1, 0.15) is 5.82 Å². The fourth-order valence-electron chi connectivity index (χ4n) is 3.59. The number of nitrogens with zero attached hydrogens (tertiary/aromatic N) is 3. The topological polar surface area (TPSA) is 67.8 Å². The van der Waals surface area contributed by atoms with Crippen molar-refractivity contribution in [2.24, 2.45) is 0 Å². The molecule has 5 heteroatoms. The molecule has 0 aliphatic rings. The number of anilines is 1. The first-order valence-corrected chi connectivity index (χ1v) is 10.3. The Morgan fingerprint density at radius 2 is 1.28 bits per heavy atom. The van der Waals surface area contributed by atoms with E-state index in [1.165, 1.54) is 0 Å². The van der Waals surface area contributed by atoms with Crippen LogP contribution in [0.15, 0.2) is 97.1 Å². The first-order chi connectivity index (χ1) is 15.7. The molecule has 5 nitrogen and oxygen atoms in total. The van der Waals surface area contributed by atoms with Crippen molar-refractivity contribution >= 4 is 22.8 Å².